The third-order valence-electron chi connectivity index (χ3n) is 3.78. The van der Waals surface area contributed by atoms with Crippen molar-refractivity contribution in [3.63, 3.8) is 0 Å². The molecule has 1 aromatic carbocycles. The molecular weight excluding hydrogens is 256 g/mol. The van der Waals surface area contributed by atoms with Crippen molar-refractivity contribution >= 4 is 22.1 Å². The van der Waals surface area contributed by atoms with Gasteiger partial charge in [-0.05, 0) is 19.1 Å². The quantitative estimate of drug-likeness (QED) is 0.668. The van der Waals surface area contributed by atoms with Crippen molar-refractivity contribution < 1.29 is 4.92 Å². The first-order valence-electron chi connectivity index (χ1n) is 6.67. The Balaban J connectivity index is 2.17. The lowest BCUT2D eigenvalue weighted by molar-refractivity contribution is -0.383. The first kappa shape index (κ1) is 12.8. The van der Waals surface area contributed by atoms with Crippen molar-refractivity contribution in [3.05, 3.63) is 40.7 Å². The van der Waals surface area contributed by atoms with Crippen molar-refractivity contribution in [1.29, 1.82) is 0 Å². The van der Waals surface area contributed by atoms with Crippen LogP contribution in [-0.2, 0) is 0 Å². The number of nitrogens with zero attached hydrogens (tertiary/aromatic N) is 3. The van der Waals surface area contributed by atoms with Gasteiger partial charge in [0, 0.05) is 55.2 Å². The van der Waals surface area contributed by atoms with E-state index in [-0.39, 0.29) is 10.6 Å². The number of anilines is 1. The van der Waals surface area contributed by atoms with Crippen LogP contribution in [0.1, 0.15) is 6.92 Å². The molecule has 1 unspecified atom stereocenters. The van der Waals surface area contributed by atoms with Gasteiger partial charge in [0.15, 0.2) is 0 Å². The molecule has 1 aliphatic rings. The van der Waals surface area contributed by atoms with Crippen LogP contribution < -0.4 is 10.2 Å². The van der Waals surface area contributed by atoms with Crippen molar-refractivity contribution in [2.24, 2.45) is 0 Å². The number of hydrogen-bond donors (Lipinski definition) is 1. The molecule has 1 fully saturated rings. The molecule has 2 heterocycles. The first-order valence-corrected chi connectivity index (χ1v) is 6.67. The van der Waals surface area contributed by atoms with E-state index in [0.717, 1.165) is 30.7 Å². The molecule has 104 valence electrons. The smallest absolute Gasteiger partial charge is 0.278 e. The van der Waals surface area contributed by atoms with Crippen LogP contribution in [0.3, 0.4) is 0 Å². The van der Waals surface area contributed by atoms with Gasteiger partial charge < -0.3 is 10.2 Å². The van der Waals surface area contributed by atoms with Gasteiger partial charge in [-0.2, -0.15) is 0 Å². The Kier molecular flexibility index (Phi) is 3.23. The number of non-ortho nitro benzene ring substituents is 1. The number of nitrogens with one attached hydrogen (secondary N) is 1. The topological polar surface area (TPSA) is 71.3 Å². The van der Waals surface area contributed by atoms with E-state index in [9.17, 15) is 10.1 Å². The van der Waals surface area contributed by atoms with Crippen LogP contribution in [0.15, 0.2) is 30.6 Å². The molecule has 1 saturated heterocycles. The Labute approximate surface area is 116 Å². The van der Waals surface area contributed by atoms with E-state index in [1.54, 1.807) is 18.5 Å². The number of rotatable bonds is 2. The molecule has 1 aromatic heterocycles. The van der Waals surface area contributed by atoms with Gasteiger partial charge in [-0.3, -0.25) is 15.1 Å². The maximum atomic E-state index is 11.1. The molecule has 0 radical (unpaired) electrons. The second kappa shape index (κ2) is 5.05. The van der Waals surface area contributed by atoms with Crippen molar-refractivity contribution in [3.8, 4) is 0 Å². The van der Waals surface area contributed by atoms with Gasteiger partial charge in [-0.15, -0.1) is 0 Å². The highest BCUT2D eigenvalue weighted by molar-refractivity contribution is 5.99. The molecule has 1 N–H and O–H groups in total. The highest BCUT2D eigenvalue weighted by Crippen LogP contribution is 2.33. The molecule has 0 bridgehead atoms. The molecular formula is C14H16N4O2. The minimum Gasteiger partial charge on any atom is -0.366 e. The SMILES string of the molecule is CC1CNCCN1c1ccc([N+](=O)[O-])c2cnccc12. The number of pyridine rings is 1. The molecule has 0 spiro atoms. The van der Waals surface area contributed by atoms with Crippen LogP contribution in [0.4, 0.5) is 11.4 Å². The minimum absolute atomic E-state index is 0.111. The van der Waals surface area contributed by atoms with Crippen LogP contribution in [0, 0.1) is 10.1 Å². The Bertz CT molecular complexity index is 659. The van der Waals surface area contributed by atoms with Gasteiger partial charge in [0.2, 0.25) is 0 Å². The van der Waals surface area contributed by atoms with Crippen LogP contribution in [0.2, 0.25) is 0 Å². The summed E-state index contributed by atoms with van der Waals surface area (Å²) in [7, 11) is 0. The highest BCUT2D eigenvalue weighted by atomic mass is 16.6. The molecule has 3 rings (SSSR count). The summed E-state index contributed by atoms with van der Waals surface area (Å²) in [5, 5.41) is 16.0. The largest absolute Gasteiger partial charge is 0.366 e. The second-order valence-corrected chi connectivity index (χ2v) is 5.03. The minimum atomic E-state index is -0.352. The summed E-state index contributed by atoms with van der Waals surface area (Å²) in [6.07, 6.45) is 3.26. The summed E-state index contributed by atoms with van der Waals surface area (Å²) in [4.78, 5) is 17.1. The van der Waals surface area contributed by atoms with E-state index >= 15 is 0 Å². The number of fused-ring (bicyclic) bond motifs is 1. The predicted octanol–water partition coefficient (Wildman–Crippen LogP) is 1.94. The average molecular weight is 272 g/mol. The Morgan fingerprint density at radius 2 is 2.25 bits per heavy atom. The molecule has 0 amide bonds. The van der Waals surface area contributed by atoms with E-state index in [0.29, 0.717) is 11.4 Å². The van der Waals surface area contributed by atoms with E-state index in [2.05, 4.69) is 22.1 Å². The zero-order valence-electron chi connectivity index (χ0n) is 11.2. The summed E-state index contributed by atoms with van der Waals surface area (Å²) in [5.41, 5.74) is 1.15. The van der Waals surface area contributed by atoms with E-state index < -0.39 is 0 Å². The first-order chi connectivity index (χ1) is 9.68. The van der Waals surface area contributed by atoms with Gasteiger partial charge in [0.1, 0.15) is 0 Å². The number of piperazine rings is 1. The Morgan fingerprint density at radius 3 is 3.00 bits per heavy atom. The number of aromatic nitrogens is 1. The van der Waals surface area contributed by atoms with Crippen molar-refractivity contribution in [2.75, 3.05) is 24.5 Å². The van der Waals surface area contributed by atoms with Crippen LogP contribution in [0.25, 0.3) is 10.8 Å². The van der Waals surface area contributed by atoms with E-state index in [1.165, 1.54) is 0 Å². The zero-order valence-corrected chi connectivity index (χ0v) is 11.2. The van der Waals surface area contributed by atoms with Gasteiger partial charge >= 0.3 is 0 Å². The second-order valence-electron chi connectivity index (χ2n) is 5.03. The lowest BCUT2D eigenvalue weighted by atomic mass is 10.1. The van der Waals surface area contributed by atoms with Crippen molar-refractivity contribution in [1.82, 2.24) is 10.3 Å². The van der Waals surface area contributed by atoms with Crippen LogP contribution >= 0.6 is 0 Å². The lowest BCUT2D eigenvalue weighted by Crippen LogP contribution is -2.50. The zero-order chi connectivity index (χ0) is 14.1. The van der Waals surface area contributed by atoms with Crippen LogP contribution in [-0.4, -0.2) is 35.6 Å². The van der Waals surface area contributed by atoms with E-state index in [1.807, 2.05) is 12.1 Å². The fraction of sp³-hybridized carbons (Fsp3) is 0.357. The number of nitro groups is 1. The molecule has 1 atom stereocenters. The standard InChI is InChI=1S/C14H16N4O2/c1-10-8-16-6-7-17(10)13-2-3-14(18(19)20)12-9-15-5-4-11(12)13/h2-5,9-10,16H,6-8H2,1H3. The fourth-order valence-electron chi connectivity index (χ4n) is 2.77. The fourth-order valence-corrected chi connectivity index (χ4v) is 2.77. The molecule has 0 aliphatic carbocycles. The van der Waals surface area contributed by atoms with E-state index in [4.69, 9.17) is 0 Å². The molecule has 1 aliphatic heterocycles. The Morgan fingerprint density at radius 1 is 1.40 bits per heavy atom. The summed E-state index contributed by atoms with van der Waals surface area (Å²) in [6.45, 7) is 4.90. The van der Waals surface area contributed by atoms with Crippen molar-refractivity contribution in [2.45, 2.75) is 13.0 Å². The Hall–Kier alpha value is -2.21. The summed E-state index contributed by atoms with van der Waals surface area (Å²) in [5.74, 6) is 0. The molecule has 6 heteroatoms. The molecule has 0 saturated carbocycles. The van der Waals surface area contributed by atoms with Gasteiger partial charge in [0.25, 0.3) is 5.69 Å². The van der Waals surface area contributed by atoms with Crippen LogP contribution in [0.5, 0.6) is 0 Å². The molecule has 20 heavy (non-hydrogen) atoms. The summed E-state index contributed by atoms with van der Waals surface area (Å²) < 4.78 is 0. The number of hydrogen-bond acceptors (Lipinski definition) is 5. The highest BCUT2D eigenvalue weighted by Gasteiger charge is 2.22. The number of nitro benzene ring substituents is 1. The summed E-state index contributed by atoms with van der Waals surface area (Å²) >= 11 is 0. The van der Waals surface area contributed by atoms with Gasteiger partial charge in [0.05, 0.1) is 10.3 Å². The van der Waals surface area contributed by atoms with Gasteiger partial charge in [-0.25, -0.2) is 0 Å². The lowest BCUT2D eigenvalue weighted by Gasteiger charge is -2.36. The third-order valence-corrected chi connectivity index (χ3v) is 3.78. The maximum Gasteiger partial charge on any atom is 0.278 e. The monoisotopic (exact) mass is 272 g/mol. The molecule has 6 nitrogen and oxygen atoms in total. The summed E-state index contributed by atoms with van der Waals surface area (Å²) in [6, 6.07) is 5.64. The van der Waals surface area contributed by atoms with Gasteiger partial charge in [-0.1, -0.05) is 0 Å². The predicted molar refractivity (Wildman–Crippen MR) is 78.1 cm³/mol. The maximum absolute atomic E-state index is 11.1. The normalized spacial score (nSPS) is 19.2. The average Bonchev–Trinajstić information content (AvgIpc) is 2.46. The third kappa shape index (κ3) is 2.08. The number of benzene rings is 1. The molecule has 2 aromatic rings.